The van der Waals surface area contributed by atoms with E-state index < -0.39 is 6.10 Å². The second-order valence-electron chi connectivity index (χ2n) is 4.43. The summed E-state index contributed by atoms with van der Waals surface area (Å²) in [5.74, 6) is 1.07. The normalized spacial score (nSPS) is 14.9. The van der Waals surface area contributed by atoms with Crippen LogP contribution in [0.25, 0.3) is 0 Å². The van der Waals surface area contributed by atoms with E-state index in [0.29, 0.717) is 18.3 Å². The Kier molecular flexibility index (Phi) is 5.82. The number of anilines is 1. The molecule has 1 aromatic rings. The van der Waals surface area contributed by atoms with Crippen molar-refractivity contribution in [3.63, 3.8) is 0 Å². The van der Waals surface area contributed by atoms with Gasteiger partial charge in [-0.2, -0.15) is 11.8 Å². The Hall–Kier alpha value is -0.710. The third-order valence-electron chi connectivity index (χ3n) is 2.92. The average Bonchev–Trinajstić information content (AvgIpc) is 2.29. The Bertz CT molecular complexity index is 346. The molecule has 2 unspecified atom stereocenters. The van der Waals surface area contributed by atoms with Crippen LogP contribution in [0.4, 0.5) is 5.69 Å². The maximum absolute atomic E-state index is 10.1. The van der Waals surface area contributed by atoms with E-state index in [9.17, 15) is 5.11 Å². The molecule has 0 aliphatic carbocycles. The molecule has 0 bridgehead atoms. The Labute approximate surface area is 108 Å². The van der Waals surface area contributed by atoms with Crippen molar-refractivity contribution in [2.75, 3.05) is 31.3 Å². The van der Waals surface area contributed by atoms with Gasteiger partial charge in [-0.25, -0.2) is 0 Å². The number of benzene rings is 1. The maximum atomic E-state index is 10.1. The maximum Gasteiger partial charge on any atom is 0.0917 e. The molecule has 0 spiro atoms. The SMILES string of the molecule is CSCC(C)N(C)CC(O)c1cccc(N)c1. The smallest absolute Gasteiger partial charge is 0.0917 e. The van der Waals surface area contributed by atoms with Gasteiger partial charge >= 0.3 is 0 Å². The lowest BCUT2D eigenvalue weighted by molar-refractivity contribution is 0.113. The van der Waals surface area contributed by atoms with Gasteiger partial charge < -0.3 is 10.8 Å². The number of nitrogens with two attached hydrogens (primary N) is 1. The van der Waals surface area contributed by atoms with Crippen molar-refractivity contribution in [1.29, 1.82) is 0 Å². The highest BCUT2D eigenvalue weighted by atomic mass is 32.2. The highest BCUT2D eigenvalue weighted by molar-refractivity contribution is 7.98. The fourth-order valence-corrected chi connectivity index (χ4v) is 2.43. The van der Waals surface area contributed by atoms with Crippen LogP contribution in [0.2, 0.25) is 0 Å². The van der Waals surface area contributed by atoms with Gasteiger partial charge in [0.2, 0.25) is 0 Å². The zero-order valence-corrected chi connectivity index (χ0v) is 11.6. The second-order valence-corrected chi connectivity index (χ2v) is 5.34. The minimum Gasteiger partial charge on any atom is -0.399 e. The Balaban J connectivity index is 2.56. The van der Waals surface area contributed by atoms with Crippen molar-refractivity contribution in [1.82, 2.24) is 4.90 Å². The molecule has 0 aliphatic rings. The second kappa shape index (κ2) is 6.89. The molecule has 0 heterocycles. The summed E-state index contributed by atoms with van der Waals surface area (Å²) >= 11 is 1.82. The van der Waals surface area contributed by atoms with Crippen LogP contribution in [0.1, 0.15) is 18.6 Å². The summed E-state index contributed by atoms with van der Waals surface area (Å²) in [7, 11) is 2.04. The molecular formula is C13H22N2OS. The molecule has 1 rings (SSSR count). The van der Waals surface area contributed by atoms with Gasteiger partial charge in [0.05, 0.1) is 6.10 Å². The number of rotatable bonds is 6. The van der Waals surface area contributed by atoms with Gasteiger partial charge in [-0.3, -0.25) is 4.90 Å². The highest BCUT2D eigenvalue weighted by Crippen LogP contribution is 2.17. The topological polar surface area (TPSA) is 49.5 Å². The van der Waals surface area contributed by atoms with E-state index in [4.69, 9.17) is 5.73 Å². The Morgan fingerprint density at radius 3 is 2.76 bits per heavy atom. The molecule has 0 aromatic heterocycles. The summed E-state index contributed by atoms with van der Waals surface area (Å²) in [5.41, 5.74) is 7.28. The lowest BCUT2D eigenvalue weighted by atomic mass is 10.1. The number of hydrogen-bond acceptors (Lipinski definition) is 4. The van der Waals surface area contributed by atoms with E-state index in [1.165, 1.54) is 0 Å². The first-order valence-electron chi connectivity index (χ1n) is 5.77. The summed E-state index contributed by atoms with van der Waals surface area (Å²) < 4.78 is 0. The number of thioether (sulfide) groups is 1. The summed E-state index contributed by atoms with van der Waals surface area (Å²) in [4.78, 5) is 2.17. The minimum absolute atomic E-state index is 0.459. The molecule has 0 saturated carbocycles. The molecule has 0 amide bonds. The van der Waals surface area contributed by atoms with E-state index >= 15 is 0 Å². The molecule has 0 fully saturated rings. The Morgan fingerprint density at radius 1 is 1.47 bits per heavy atom. The van der Waals surface area contributed by atoms with Crippen molar-refractivity contribution in [2.24, 2.45) is 0 Å². The van der Waals surface area contributed by atoms with E-state index in [-0.39, 0.29) is 0 Å². The summed E-state index contributed by atoms with van der Waals surface area (Å²) in [6.07, 6.45) is 1.62. The third-order valence-corrected chi connectivity index (χ3v) is 3.73. The highest BCUT2D eigenvalue weighted by Gasteiger charge is 2.14. The molecule has 3 nitrogen and oxygen atoms in total. The van der Waals surface area contributed by atoms with Crippen LogP contribution in [-0.2, 0) is 0 Å². The predicted octanol–water partition coefficient (Wildman–Crippen LogP) is 1.99. The number of nitrogen functional groups attached to an aromatic ring is 1. The van der Waals surface area contributed by atoms with E-state index in [2.05, 4.69) is 18.1 Å². The van der Waals surface area contributed by atoms with Crippen molar-refractivity contribution in [2.45, 2.75) is 19.1 Å². The van der Waals surface area contributed by atoms with Gasteiger partial charge in [0.25, 0.3) is 0 Å². The largest absolute Gasteiger partial charge is 0.399 e. The molecule has 1 aromatic carbocycles. The molecule has 0 aliphatic heterocycles. The summed E-state index contributed by atoms with van der Waals surface area (Å²) in [5, 5.41) is 10.1. The quantitative estimate of drug-likeness (QED) is 0.762. The van der Waals surface area contributed by atoms with Crippen LogP contribution in [-0.4, -0.2) is 41.6 Å². The molecule has 96 valence electrons. The number of hydrogen-bond donors (Lipinski definition) is 2. The monoisotopic (exact) mass is 254 g/mol. The van der Waals surface area contributed by atoms with Gasteiger partial charge in [0, 0.05) is 24.0 Å². The molecular weight excluding hydrogens is 232 g/mol. The molecule has 17 heavy (non-hydrogen) atoms. The van der Waals surface area contributed by atoms with Crippen LogP contribution >= 0.6 is 11.8 Å². The van der Waals surface area contributed by atoms with Gasteiger partial charge in [-0.1, -0.05) is 12.1 Å². The van der Waals surface area contributed by atoms with E-state index in [1.807, 2.05) is 43.1 Å². The summed E-state index contributed by atoms with van der Waals surface area (Å²) in [6.45, 7) is 2.80. The molecule has 0 saturated heterocycles. The number of aliphatic hydroxyl groups excluding tert-OH is 1. The van der Waals surface area contributed by atoms with Crippen molar-refractivity contribution >= 4 is 17.4 Å². The van der Waals surface area contributed by atoms with Crippen LogP contribution in [0.5, 0.6) is 0 Å². The van der Waals surface area contributed by atoms with E-state index in [0.717, 1.165) is 11.3 Å². The molecule has 3 N–H and O–H groups in total. The number of aliphatic hydroxyl groups is 1. The zero-order chi connectivity index (χ0) is 12.8. The predicted molar refractivity (Wildman–Crippen MR) is 76.3 cm³/mol. The fraction of sp³-hybridized carbons (Fsp3) is 0.538. The van der Waals surface area contributed by atoms with Crippen molar-refractivity contribution < 1.29 is 5.11 Å². The third kappa shape index (κ3) is 4.58. The number of nitrogens with zero attached hydrogens (tertiary/aromatic N) is 1. The van der Waals surface area contributed by atoms with Gasteiger partial charge in [0.15, 0.2) is 0 Å². The molecule has 4 heteroatoms. The fourth-order valence-electron chi connectivity index (χ4n) is 1.69. The Morgan fingerprint density at radius 2 is 2.18 bits per heavy atom. The van der Waals surface area contributed by atoms with Gasteiger partial charge in [0.1, 0.15) is 0 Å². The van der Waals surface area contributed by atoms with Crippen LogP contribution in [0.3, 0.4) is 0 Å². The molecule has 0 radical (unpaired) electrons. The van der Waals surface area contributed by atoms with Crippen molar-refractivity contribution in [3.05, 3.63) is 29.8 Å². The standard InChI is InChI=1S/C13H22N2OS/c1-10(9-17-3)15(2)8-13(16)11-5-4-6-12(14)7-11/h4-7,10,13,16H,8-9,14H2,1-3H3. The van der Waals surface area contributed by atoms with Crippen molar-refractivity contribution in [3.8, 4) is 0 Å². The number of likely N-dealkylation sites (N-methyl/N-ethyl adjacent to an activating group) is 1. The first kappa shape index (κ1) is 14.4. The first-order valence-corrected chi connectivity index (χ1v) is 7.16. The van der Waals surface area contributed by atoms with E-state index in [1.54, 1.807) is 0 Å². The minimum atomic E-state index is -0.479. The lowest BCUT2D eigenvalue weighted by Gasteiger charge is -2.26. The molecule has 2 atom stereocenters. The summed E-state index contributed by atoms with van der Waals surface area (Å²) in [6, 6.07) is 7.90. The van der Waals surface area contributed by atoms with Crippen LogP contribution in [0, 0.1) is 0 Å². The first-order chi connectivity index (χ1) is 8.04. The zero-order valence-electron chi connectivity index (χ0n) is 10.8. The van der Waals surface area contributed by atoms with Gasteiger partial charge in [-0.15, -0.1) is 0 Å². The lowest BCUT2D eigenvalue weighted by Crippen LogP contribution is -2.34. The average molecular weight is 254 g/mol. The van der Waals surface area contributed by atoms with Gasteiger partial charge in [-0.05, 0) is 37.9 Å². The van der Waals surface area contributed by atoms with Crippen LogP contribution < -0.4 is 5.73 Å². The van der Waals surface area contributed by atoms with Crippen LogP contribution in [0.15, 0.2) is 24.3 Å².